The summed E-state index contributed by atoms with van der Waals surface area (Å²) in [5, 5.41) is 40.9. The molecule has 4 N–H and O–H groups in total. The van der Waals surface area contributed by atoms with Crippen LogP contribution in [0.2, 0.25) is 0 Å². The lowest BCUT2D eigenvalue weighted by atomic mass is 9.37. The van der Waals surface area contributed by atoms with Crippen LogP contribution in [0.15, 0.2) is 0 Å². The molecule has 0 aromatic heterocycles. The highest BCUT2D eigenvalue weighted by Gasteiger charge is 2.83. The predicted octanol–water partition coefficient (Wildman–Crippen LogP) is 13.3. The maximum atomic E-state index is 14.0. The van der Waals surface area contributed by atoms with Gasteiger partial charge in [0.05, 0.1) is 58.1 Å². The Bertz CT molecular complexity index is 2630. The van der Waals surface area contributed by atoms with Gasteiger partial charge in [0.1, 0.15) is 23.9 Å². The Hall–Kier alpha value is -3.66. The lowest BCUT2D eigenvalue weighted by Gasteiger charge is -2.70. The molecule has 0 spiro atoms. The highest BCUT2D eigenvalue weighted by molar-refractivity contribution is 5.78. The molecule has 10 fully saturated rings. The number of rotatable bonds is 17. The number of hydrogen-bond acceptors (Lipinski definition) is 16. The molecule has 7 atom stereocenters. The zero-order chi connectivity index (χ0) is 71.2. The van der Waals surface area contributed by atoms with E-state index in [4.69, 9.17) is 23.7 Å². The first-order valence-electron chi connectivity index (χ1n) is 31.9. The molecule has 10 aliphatic rings. The van der Waals surface area contributed by atoms with Crippen LogP contribution < -0.4 is 0 Å². The van der Waals surface area contributed by atoms with Crippen LogP contribution in [-0.4, -0.2) is 146 Å². The minimum absolute atomic E-state index is 0.140. The molecule has 2 saturated heterocycles. The van der Waals surface area contributed by atoms with Gasteiger partial charge in [-0.3, -0.25) is 24.0 Å². The van der Waals surface area contributed by atoms with Crippen LogP contribution in [0.5, 0.6) is 0 Å². The van der Waals surface area contributed by atoms with E-state index in [1.807, 2.05) is 76.2 Å². The molecule has 8 aliphatic carbocycles. The molecule has 8 bridgehead atoms. The fourth-order valence-corrected chi connectivity index (χ4v) is 14.5. The quantitative estimate of drug-likeness (QED) is 0.0602. The first-order valence-corrected chi connectivity index (χ1v) is 31.9. The number of esters is 5. The third-order valence-corrected chi connectivity index (χ3v) is 22.7. The van der Waals surface area contributed by atoms with Gasteiger partial charge in [0.25, 0.3) is 5.60 Å². The molecule has 8 saturated carbocycles. The molecule has 2 aliphatic heterocycles. The minimum atomic E-state index is -5.92. The second-order valence-corrected chi connectivity index (χ2v) is 32.0. The summed E-state index contributed by atoms with van der Waals surface area (Å²) in [5.74, 6) is -11.8. The van der Waals surface area contributed by atoms with E-state index in [-0.39, 0.29) is 78.0 Å². The summed E-state index contributed by atoms with van der Waals surface area (Å²) in [4.78, 5) is 59.8. The molecule has 0 aromatic carbocycles. The minimum Gasteiger partial charge on any atom is -0.462 e. The first-order chi connectivity index (χ1) is 41.1. The summed E-state index contributed by atoms with van der Waals surface area (Å²) in [5.41, 5.74) is -15.6. The van der Waals surface area contributed by atoms with Crippen LogP contribution in [-0.2, 0) is 57.1 Å². The number of ether oxygens (including phenoxy) is 7. The standard InChI is InChI=1S/C22H38O4.C21H30F6O4.C12H17F5O4.C10H16O4/c1-8-17(2,3)16(23)26-22-11-15-9-20(13-22,18(4,5)24)12-21(10-15,14-22)19(6,7)25;1-5-16(2,3)15(28)31-18-8-12-6-13(9-18)17(4,14(7-12)10-18)30-11-19(29,20(22,23)24)21(25,26)27;1-5-8(2,3)7(18)21-9(4)6-20-11(19,10(9,13)14)12(15,16)17;1-4-10(2,3)9(12)14-7-5-8(11)13-6-7/h15,24-25H,8-14H2,1-7H3;12-14,29H,5-11H2,1-4H3;19H,5-6H2,1-4H3;7H,4-6H2,1-3H3. The van der Waals surface area contributed by atoms with Gasteiger partial charge < -0.3 is 53.6 Å². The van der Waals surface area contributed by atoms with Crippen LogP contribution in [0.25, 0.3) is 0 Å². The molecule has 7 unspecified atom stereocenters. The van der Waals surface area contributed by atoms with Crippen LogP contribution >= 0.6 is 0 Å². The molecule has 92 heavy (non-hydrogen) atoms. The average Bonchev–Trinajstić information content (AvgIpc) is 0.974. The molecular weight excluding hydrogens is 1250 g/mol. The molecule has 0 amide bonds. The molecule has 534 valence electrons. The fraction of sp³-hybridized carbons (Fsp3) is 0.923. The van der Waals surface area contributed by atoms with Gasteiger partial charge in [0, 0.05) is 10.8 Å². The van der Waals surface area contributed by atoms with Crippen molar-refractivity contribution in [3.63, 3.8) is 0 Å². The second kappa shape index (κ2) is 25.3. The highest BCUT2D eigenvalue weighted by atomic mass is 19.4. The van der Waals surface area contributed by atoms with E-state index < -0.39 is 110 Å². The topological polar surface area (TPSA) is 231 Å². The number of carbonyl (C=O) groups excluding carboxylic acids is 5. The fourth-order valence-electron chi connectivity index (χ4n) is 14.5. The summed E-state index contributed by atoms with van der Waals surface area (Å²) in [6, 6.07) is 0. The first kappa shape index (κ1) is 79.0. The van der Waals surface area contributed by atoms with Gasteiger partial charge >= 0.3 is 60.1 Å². The van der Waals surface area contributed by atoms with Crippen LogP contribution in [0.3, 0.4) is 0 Å². The summed E-state index contributed by atoms with van der Waals surface area (Å²) in [6.07, 6.45) is -8.01. The van der Waals surface area contributed by atoms with Crippen molar-refractivity contribution >= 4 is 29.8 Å². The molecule has 16 nitrogen and oxygen atoms in total. The van der Waals surface area contributed by atoms with Crippen LogP contribution in [0.4, 0.5) is 48.3 Å². The smallest absolute Gasteiger partial charge is 0.449 e. The Kier molecular flexibility index (Phi) is 21.8. The molecule has 2 heterocycles. The van der Waals surface area contributed by atoms with Gasteiger partial charge in [0.2, 0.25) is 5.60 Å². The Morgan fingerprint density at radius 3 is 1.30 bits per heavy atom. The monoisotopic (exact) mass is 1350 g/mol. The Balaban J connectivity index is 0.000000230. The van der Waals surface area contributed by atoms with Crippen molar-refractivity contribution in [2.75, 3.05) is 19.8 Å². The van der Waals surface area contributed by atoms with E-state index in [9.17, 15) is 92.7 Å². The van der Waals surface area contributed by atoms with Crippen molar-refractivity contribution in [2.45, 2.75) is 303 Å². The molecule has 27 heteroatoms. The maximum Gasteiger partial charge on any atom is 0.449 e. The van der Waals surface area contributed by atoms with Gasteiger partial charge in [-0.25, -0.2) is 0 Å². The van der Waals surface area contributed by atoms with Gasteiger partial charge in [-0.1, -0.05) is 27.7 Å². The average molecular weight is 1350 g/mol. The van der Waals surface area contributed by atoms with E-state index in [1.54, 1.807) is 20.8 Å². The maximum absolute atomic E-state index is 14.0. The van der Waals surface area contributed by atoms with Crippen molar-refractivity contribution in [1.82, 2.24) is 0 Å². The van der Waals surface area contributed by atoms with Crippen molar-refractivity contribution in [2.24, 2.45) is 56.2 Å². The number of carbonyl (C=O) groups is 5. The van der Waals surface area contributed by atoms with Crippen molar-refractivity contribution in [3.05, 3.63) is 0 Å². The Morgan fingerprint density at radius 2 is 0.946 bits per heavy atom. The zero-order valence-corrected chi connectivity index (χ0v) is 56.7. The number of alkyl halides is 11. The van der Waals surface area contributed by atoms with Crippen molar-refractivity contribution in [1.29, 1.82) is 0 Å². The van der Waals surface area contributed by atoms with E-state index in [2.05, 4.69) is 9.47 Å². The number of hydrogen-bond donors (Lipinski definition) is 4. The predicted molar refractivity (Wildman–Crippen MR) is 309 cm³/mol. The Labute approximate surface area is 533 Å². The molecule has 0 radical (unpaired) electrons. The van der Waals surface area contributed by atoms with E-state index in [0.717, 1.165) is 32.1 Å². The highest BCUT2D eigenvalue weighted by Crippen LogP contribution is 2.73. The largest absolute Gasteiger partial charge is 0.462 e. The summed E-state index contributed by atoms with van der Waals surface area (Å²) < 4.78 is 180. The summed E-state index contributed by atoms with van der Waals surface area (Å²) in [6.45, 7) is 28.0. The van der Waals surface area contributed by atoms with Gasteiger partial charge in [-0.05, 0) is 217 Å². The molecular formula is C65H101F11O16. The van der Waals surface area contributed by atoms with Gasteiger partial charge in [0.15, 0.2) is 0 Å². The third kappa shape index (κ3) is 14.9. The van der Waals surface area contributed by atoms with E-state index in [1.165, 1.54) is 20.8 Å². The summed E-state index contributed by atoms with van der Waals surface area (Å²) in [7, 11) is 0. The number of cyclic esters (lactones) is 1. The molecule has 0 aromatic rings. The lowest BCUT2D eigenvalue weighted by Crippen LogP contribution is -2.70. The lowest BCUT2D eigenvalue weighted by molar-refractivity contribution is -0.409. The van der Waals surface area contributed by atoms with Gasteiger partial charge in [-0.2, -0.15) is 48.3 Å². The summed E-state index contributed by atoms with van der Waals surface area (Å²) >= 11 is 0. The van der Waals surface area contributed by atoms with Crippen molar-refractivity contribution < 1.29 is 126 Å². The van der Waals surface area contributed by atoms with E-state index >= 15 is 0 Å². The normalized spacial score (nSPS) is 34.3. The molecule has 10 rings (SSSR count). The van der Waals surface area contributed by atoms with Gasteiger partial charge in [-0.15, -0.1) is 0 Å². The van der Waals surface area contributed by atoms with Crippen LogP contribution in [0, 0.1) is 56.2 Å². The Morgan fingerprint density at radius 1 is 0.554 bits per heavy atom. The SMILES string of the molecule is CCC(C)(C)C(=O)OC1(C)COC(O)(C(F)(F)F)C1(F)F.CCC(C)(C)C(=O)OC12CC3CC(C(C)(C)O)(C1)CC(C(C)(C)O)(C3)C2.CCC(C)(C)C(=O)OC12CC3CC(C1)C(C)(OCC(O)(C(F)(F)F)C(F)(F)F)C(C3)C2.CCC(C)(C)C(=O)OC1COC(=O)C1. The van der Waals surface area contributed by atoms with Crippen molar-refractivity contribution in [3.8, 4) is 0 Å². The number of halogens is 11. The number of aliphatic hydroxyl groups is 4. The third-order valence-electron chi connectivity index (χ3n) is 22.7. The van der Waals surface area contributed by atoms with E-state index in [0.29, 0.717) is 70.6 Å². The zero-order valence-electron chi connectivity index (χ0n) is 56.7. The second-order valence-electron chi connectivity index (χ2n) is 32.0. The van der Waals surface area contributed by atoms with Crippen LogP contribution in [0.1, 0.15) is 227 Å².